The number of hydrogen-bond acceptors (Lipinski definition) is 2. The summed E-state index contributed by atoms with van der Waals surface area (Å²) in [6.07, 6.45) is 0. The Morgan fingerprint density at radius 1 is 1.20 bits per heavy atom. The highest BCUT2D eigenvalue weighted by molar-refractivity contribution is 7.45. The molecular weight excluding hydrogens is 159 g/mol. The lowest BCUT2D eigenvalue weighted by Crippen LogP contribution is -1.84. The van der Waals surface area contributed by atoms with Crippen LogP contribution in [0.5, 0.6) is 0 Å². The third-order valence-corrected chi connectivity index (χ3v) is 0.408. The fraction of sp³-hybridized carbons (Fsp3) is 1.00. The summed E-state index contributed by atoms with van der Waals surface area (Å²) in [6, 6.07) is 0. The van der Waals surface area contributed by atoms with E-state index in [0.717, 1.165) is 13.2 Å². The van der Waals surface area contributed by atoms with Crippen molar-refractivity contribution in [3.05, 3.63) is 0 Å². The van der Waals surface area contributed by atoms with Crippen LogP contribution in [0.2, 0.25) is 0 Å². The largest absolute Gasteiger partial charge is 0.466 e. The number of rotatable bonds is 2. The second-order valence-corrected chi connectivity index (χ2v) is 2.32. The summed E-state index contributed by atoms with van der Waals surface area (Å²) >= 11 is 0. The van der Waals surface area contributed by atoms with Crippen molar-refractivity contribution in [1.29, 1.82) is 0 Å². The molecule has 0 bridgehead atoms. The van der Waals surface area contributed by atoms with Crippen LogP contribution in [0.3, 0.4) is 0 Å². The number of ether oxygens (including phenoxy) is 1. The second-order valence-electron chi connectivity index (χ2n) is 1.29. The van der Waals surface area contributed by atoms with Gasteiger partial charge in [0.1, 0.15) is 0 Å². The maximum Gasteiger partial charge on any atom is 0.466 e. The first-order valence-corrected chi connectivity index (χ1v) is 4.34. The van der Waals surface area contributed by atoms with E-state index < -0.39 is 7.82 Å². The molecule has 0 atom stereocenters. The summed E-state index contributed by atoms with van der Waals surface area (Å²) in [5.41, 5.74) is 0. The molecule has 0 aliphatic carbocycles. The molecule has 0 aromatic carbocycles. The van der Waals surface area contributed by atoms with Gasteiger partial charge in [-0.2, -0.15) is 0 Å². The quantitative estimate of drug-likeness (QED) is 0.515. The predicted octanol–water partition coefficient (Wildman–Crippen LogP) is 0.114. The van der Waals surface area contributed by atoms with Crippen molar-refractivity contribution in [2.24, 2.45) is 0 Å². The van der Waals surface area contributed by atoms with E-state index in [-0.39, 0.29) is 0 Å². The highest BCUT2D eigenvalue weighted by atomic mass is 31.2. The molecule has 0 rings (SSSR count). The predicted molar refractivity (Wildman–Crippen MR) is 36.4 cm³/mol. The maximum atomic E-state index is 8.88. The van der Waals surface area contributed by atoms with Gasteiger partial charge in [0.15, 0.2) is 0 Å². The SMILES string of the molecule is CCOCC.O=P(O)(O)O. The Kier molecular flexibility index (Phi) is 9.13. The van der Waals surface area contributed by atoms with Crippen LogP contribution in [0.25, 0.3) is 0 Å². The molecule has 0 aliphatic rings. The summed E-state index contributed by atoms with van der Waals surface area (Å²) in [4.78, 5) is 21.6. The third-order valence-electron chi connectivity index (χ3n) is 0.408. The summed E-state index contributed by atoms with van der Waals surface area (Å²) in [7, 11) is -4.64. The van der Waals surface area contributed by atoms with Crippen LogP contribution in [-0.2, 0) is 9.30 Å². The molecule has 64 valence electrons. The molecule has 0 aliphatic heterocycles. The van der Waals surface area contributed by atoms with Gasteiger partial charge in [-0.3, -0.25) is 0 Å². The minimum atomic E-state index is -4.64. The molecule has 3 N–H and O–H groups in total. The van der Waals surface area contributed by atoms with Gasteiger partial charge in [-0.25, -0.2) is 4.57 Å². The van der Waals surface area contributed by atoms with Gasteiger partial charge in [0, 0.05) is 13.2 Å². The first-order chi connectivity index (χ1) is 4.41. The minimum Gasteiger partial charge on any atom is -0.382 e. The molecule has 10 heavy (non-hydrogen) atoms. The van der Waals surface area contributed by atoms with Crippen LogP contribution >= 0.6 is 7.82 Å². The van der Waals surface area contributed by atoms with Gasteiger partial charge in [-0.15, -0.1) is 0 Å². The highest BCUT2D eigenvalue weighted by Crippen LogP contribution is 2.25. The zero-order valence-corrected chi connectivity index (χ0v) is 6.91. The van der Waals surface area contributed by atoms with Crippen molar-refractivity contribution in [2.75, 3.05) is 13.2 Å². The van der Waals surface area contributed by atoms with Crippen molar-refractivity contribution in [2.45, 2.75) is 13.8 Å². The second kappa shape index (κ2) is 7.18. The van der Waals surface area contributed by atoms with Crippen LogP contribution < -0.4 is 0 Å². The van der Waals surface area contributed by atoms with E-state index in [4.69, 9.17) is 24.0 Å². The molecule has 6 heteroatoms. The zero-order chi connectivity index (χ0) is 8.62. The minimum absolute atomic E-state index is 0.844. The Labute approximate surface area is 59.9 Å². The van der Waals surface area contributed by atoms with Crippen molar-refractivity contribution < 1.29 is 24.0 Å². The van der Waals surface area contributed by atoms with Crippen molar-refractivity contribution in [3.8, 4) is 0 Å². The third kappa shape index (κ3) is 94.1. The van der Waals surface area contributed by atoms with Crippen molar-refractivity contribution in [3.63, 3.8) is 0 Å². The normalized spacial score (nSPS) is 10.1. The number of hydrogen-bond donors (Lipinski definition) is 3. The molecule has 0 heterocycles. The first kappa shape index (κ1) is 12.7. The van der Waals surface area contributed by atoms with Crippen LogP contribution in [0.15, 0.2) is 0 Å². The molecule has 0 aromatic rings. The Morgan fingerprint density at radius 2 is 1.40 bits per heavy atom. The summed E-state index contributed by atoms with van der Waals surface area (Å²) < 4.78 is 13.7. The van der Waals surface area contributed by atoms with Crippen molar-refractivity contribution >= 4 is 7.82 Å². The highest BCUT2D eigenvalue weighted by Gasteiger charge is 2.00. The lowest BCUT2D eigenvalue weighted by Gasteiger charge is -1.86. The van der Waals surface area contributed by atoms with E-state index >= 15 is 0 Å². The van der Waals surface area contributed by atoms with Crippen LogP contribution in [0, 0.1) is 0 Å². The van der Waals surface area contributed by atoms with Gasteiger partial charge in [-0.1, -0.05) is 0 Å². The van der Waals surface area contributed by atoms with E-state index in [9.17, 15) is 0 Å². The van der Waals surface area contributed by atoms with E-state index in [0.29, 0.717) is 0 Å². The standard InChI is InChI=1S/C4H10O.H3O4P/c1-3-5-4-2;1-5(2,3)4/h3-4H2,1-2H3;(H3,1,2,3,4). The summed E-state index contributed by atoms with van der Waals surface area (Å²) in [5, 5.41) is 0. The van der Waals surface area contributed by atoms with Crippen molar-refractivity contribution in [1.82, 2.24) is 0 Å². The number of phosphoric acid groups is 1. The van der Waals surface area contributed by atoms with Crippen LogP contribution in [0.1, 0.15) is 13.8 Å². The van der Waals surface area contributed by atoms with Gasteiger partial charge in [-0.05, 0) is 13.8 Å². The van der Waals surface area contributed by atoms with E-state index in [1.165, 1.54) is 0 Å². The summed E-state index contributed by atoms with van der Waals surface area (Å²) in [5.74, 6) is 0. The van der Waals surface area contributed by atoms with Crippen LogP contribution in [0.4, 0.5) is 0 Å². The monoisotopic (exact) mass is 172 g/mol. The molecule has 0 unspecified atom stereocenters. The van der Waals surface area contributed by atoms with Gasteiger partial charge >= 0.3 is 7.82 Å². The Morgan fingerprint density at radius 3 is 1.40 bits per heavy atom. The molecule has 0 radical (unpaired) electrons. The van der Waals surface area contributed by atoms with E-state index in [1.807, 2.05) is 13.8 Å². The molecule has 0 fully saturated rings. The van der Waals surface area contributed by atoms with Gasteiger partial charge < -0.3 is 19.4 Å². The Bertz CT molecular complexity index is 87.6. The molecule has 0 amide bonds. The van der Waals surface area contributed by atoms with E-state index in [1.54, 1.807) is 0 Å². The fourth-order valence-electron chi connectivity index (χ4n) is 0.204. The van der Waals surface area contributed by atoms with Gasteiger partial charge in [0.2, 0.25) is 0 Å². The first-order valence-electron chi connectivity index (χ1n) is 2.77. The lowest BCUT2D eigenvalue weighted by molar-refractivity contribution is 0.162. The Hall–Kier alpha value is 0.0700. The van der Waals surface area contributed by atoms with Gasteiger partial charge in [0.25, 0.3) is 0 Å². The smallest absolute Gasteiger partial charge is 0.382 e. The molecule has 0 spiro atoms. The average Bonchev–Trinajstić information content (AvgIpc) is 1.63. The molecule has 0 aromatic heterocycles. The lowest BCUT2D eigenvalue weighted by atomic mass is 10.8. The zero-order valence-electron chi connectivity index (χ0n) is 6.02. The van der Waals surface area contributed by atoms with Crippen LogP contribution in [-0.4, -0.2) is 27.9 Å². The molecular formula is C4H13O5P. The topological polar surface area (TPSA) is 87.0 Å². The maximum absolute atomic E-state index is 8.88. The fourth-order valence-corrected chi connectivity index (χ4v) is 0.204. The summed E-state index contributed by atoms with van der Waals surface area (Å²) in [6.45, 7) is 5.67. The molecule has 5 nitrogen and oxygen atoms in total. The Balaban J connectivity index is 0. The van der Waals surface area contributed by atoms with E-state index in [2.05, 4.69) is 0 Å². The van der Waals surface area contributed by atoms with Gasteiger partial charge in [0.05, 0.1) is 0 Å². The average molecular weight is 172 g/mol. The molecule has 0 saturated heterocycles. The molecule has 0 saturated carbocycles.